The van der Waals surface area contributed by atoms with E-state index in [0.717, 1.165) is 18.4 Å². The molecular weight excluding hydrogens is 428 g/mol. The van der Waals surface area contributed by atoms with Gasteiger partial charge in [0.1, 0.15) is 0 Å². The highest BCUT2D eigenvalue weighted by Crippen LogP contribution is 2.29. The number of piperidine rings is 1. The molecule has 1 N–H and O–H groups in total. The summed E-state index contributed by atoms with van der Waals surface area (Å²) < 4.78 is 34.1. The standard InChI is InChI=1S/C23H26N4O4S/c1-15-10-11-16(2)21(13-15)32(29,30)26-20-9-5-4-8-19(20)23(28)27-12-6-7-18(14-27)22-24-17(3)25-31-22/h4-5,8-11,13,18,26H,6-7,12,14H2,1-3H3. The van der Waals surface area contributed by atoms with E-state index < -0.39 is 10.0 Å². The quantitative estimate of drug-likeness (QED) is 0.628. The van der Waals surface area contributed by atoms with Gasteiger partial charge in [0.2, 0.25) is 5.89 Å². The van der Waals surface area contributed by atoms with E-state index in [4.69, 9.17) is 4.52 Å². The van der Waals surface area contributed by atoms with Crippen LogP contribution in [0.4, 0.5) is 5.69 Å². The van der Waals surface area contributed by atoms with Gasteiger partial charge < -0.3 is 9.42 Å². The highest BCUT2D eigenvalue weighted by atomic mass is 32.2. The summed E-state index contributed by atoms with van der Waals surface area (Å²) in [7, 11) is -3.86. The minimum absolute atomic E-state index is 0.0345. The summed E-state index contributed by atoms with van der Waals surface area (Å²) in [5.41, 5.74) is 2.05. The fourth-order valence-corrected chi connectivity index (χ4v) is 5.38. The lowest BCUT2D eigenvalue weighted by atomic mass is 9.97. The lowest BCUT2D eigenvalue weighted by Gasteiger charge is -2.31. The number of nitrogens with one attached hydrogen (secondary N) is 1. The van der Waals surface area contributed by atoms with Crippen LogP contribution in [0.1, 0.15) is 52.0 Å². The van der Waals surface area contributed by atoms with Crippen molar-refractivity contribution in [1.29, 1.82) is 0 Å². The fraction of sp³-hybridized carbons (Fsp3) is 0.348. The van der Waals surface area contributed by atoms with E-state index in [2.05, 4.69) is 14.9 Å². The van der Waals surface area contributed by atoms with Gasteiger partial charge in [-0.2, -0.15) is 4.98 Å². The van der Waals surface area contributed by atoms with Gasteiger partial charge in [0.15, 0.2) is 5.82 Å². The molecule has 8 nitrogen and oxygen atoms in total. The second kappa shape index (κ2) is 8.74. The van der Waals surface area contributed by atoms with E-state index >= 15 is 0 Å². The summed E-state index contributed by atoms with van der Waals surface area (Å²) in [4.78, 5) is 19.6. The smallest absolute Gasteiger partial charge is 0.262 e. The number of para-hydroxylation sites is 1. The van der Waals surface area contributed by atoms with E-state index in [1.807, 2.05) is 13.0 Å². The van der Waals surface area contributed by atoms with Crippen LogP contribution in [0.25, 0.3) is 0 Å². The van der Waals surface area contributed by atoms with Crippen molar-refractivity contribution in [2.75, 3.05) is 17.8 Å². The van der Waals surface area contributed by atoms with Crippen molar-refractivity contribution in [3.63, 3.8) is 0 Å². The molecule has 168 valence electrons. The van der Waals surface area contributed by atoms with Gasteiger partial charge in [-0.3, -0.25) is 9.52 Å². The molecule has 3 aromatic rings. The molecule has 0 aliphatic carbocycles. The Morgan fingerprint density at radius 2 is 1.94 bits per heavy atom. The SMILES string of the molecule is Cc1ccc(C)c(S(=O)(=O)Nc2ccccc2C(=O)N2CCCC(c3nc(C)no3)C2)c1. The lowest BCUT2D eigenvalue weighted by molar-refractivity contribution is 0.0696. The van der Waals surface area contributed by atoms with Crippen LogP contribution in [-0.4, -0.2) is 42.5 Å². The third kappa shape index (κ3) is 4.52. The van der Waals surface area contributed by atoms with Gasteiger partial charge in [-0.25, -0.2) is 8.42 Å². The van der Waals surface area contributed by atoms with Crippen molar-refractivity contribution in [2.45, 2.75) is 44.4 Å². The Morgan fingerprint density at radius 1 is 1.16 bits per heavy atom. The van der Waals surface area contributed by atoms with Gasteiger partial charge in [-0.15, -0.1) is 0 Å². The first-order valence-corrected chi connectivity index (χ1v) is 12.0. The fourth-order valence-electron chi connectivity index (χ4n) is 3.97. The van der Waals surface area contributed by atoms with E-state index in [0.29, 0.717) is 35.9 Å². The number of hydrogen-bond donors (Lipinski definition) is 1. The van der Waals surface area contributed by atoms with Crippen LogP contribution in [-0.2, 0) is 10.0 Å². The van der Waals surface area contributed by atoms with Gasteiger partial charge in [-0.05, 0) is 62.9 Å². The van der Waals surface area contributed by atoms with Crippen LogP contribution in [0.2, 0.25) is 0 Å². The molecule has 0 radical (unpaired) electrons. The van der Waals surface area contributed by atoms with Gasteiger partial charge in [-0.1, -0.05) is 29.4 Å². The predicted molar refractivity (Wildman–Crippen MR) is 120 cm³/mol. The van der Waals surface area contributed by atoms with Crippen molar-refractivity contribution in [3.8, 4) is 0 Å². The maximum absolute atomic E-state index is 13.4. The summed E-state index contributed by atoms with van der Waals surface area (Å²) >= 11 is 0. The Bertz CT molecular complexity index is 1250. The zero-order valence-corrected chi connectivity index (χ0v) is 19.1. The van der Waals surface area contributed by atoms with E-state index in [1.54, 1.807) is 55.1 Å². The second-order valence-electron chi connectivity index (χ2n) is 8.19. The van der Waals surface area contributed by atoms with Crippen molar-refractivity contribution < 1.29 is 17.7 Å². The van der Waals surface area contributed by atoms with Crippen LogP contribution in [0.3, 0.4) is 0 Å². The molecule has 1 aromatic heterocycles. The number of anilines is 1. The number of carbonyl (C=O) groups is 1. The predicted octanol–water partition coefficient (Wildman–Crippen LogP) is 3.82. The molecule has 4 rings (SSSR count). The number of nitrogens with zero attached hydrogens (tertiary/aromatic N) is 3. The van der Waals surface area contributed by atoms with Crippen LogP contribution in [0.5, 0.6) is 0 Å². The zero-order valence-electron chi connectivity index (χ0n) is 18.3. The average Bonchev–Trinajstić information content (AvgIpc) is 3.21. The van der Waals surface area contributed by atoms with E-state index in [9.17, 15) is 13.2 Å². The minimum atomic E-state index is -3.86. The largest absolute Gasteiger partial charge is 0.339 e. The third-order valence-corrected chi connectivity index (χ3v) is 7.14. The molecule has 1 amide bonds. The first kappa shape index (κ1) is 22.0. The van der Waals surface area contributed by atoms with Crippen molar-refractivity contribution in [2.24, 2.45) is 0 Å². The second-order valence-corrected chi connectivity index (χ2v) is 9.84. The molecule has 0 saturated carbocycles. The maximum atomic E-state index is 13.4. The summed E-state index contributed by atoms with van der Waals surface area (Å²) in [6.07, 6.45) is 1.65. The summed E-state index contributed by atoms with van der Waals surface area (Å²) in [5.74, 6) is 0.830. The van der Waals surface area contributed by atoms with E-state index in [-0.39, 0.29) is 22.4 Å². The molecule has 1 fully saturated rings. The Labute approximate surface area is 187 Å². The Morgan fingerprint density at radius 3 is 2.69 bits per heavy atom. The number of carbonyl (C=O) groups excluding carboxylic acids is 1. The highest BCUT2D eigenvalue weighted by Gasteiger charge is 2.30. The first-order chi connectivity index (χ1) is 15.2. The summed E-state index contributed by atoms with van der Waals surface area (Å²) in [6.45, 7) is 6.38. The molecule has 1 aliphatic rings. The van der Waals surface area contributed by atoms with Crippen LogP contribution in [0, 0.1) is 20.8 Å². The van der Waals surface area contributed by atoms with Crippen LogP contribution >= 0.6 is 0 Å². The van der Waals surface area contributed by atoms with Gasteiger partial charge >= 0.3 is 0 Å². The zero-order chi connectivity index (χ0) is 22.9. The van der Waals surface area contributed by atoms with Gasteiger partial charge in [0, 0.05) is 13.1 Å². The molecule has 32 heavy (non-hydrogen) atoms. The highest BCUT2D eigenvalue weighted by molar-refractivity contribution is 7.92. The molecule has 1 unspecified atom stereocenters. The number of amides is 1. The molecule has 0 spiro atoms. The average molecular weight is 455 g/mol. The molecule has 9 heteroatoms. The molecule has 1 saturated heterocycles. The summed E-state index contributed by atoms with van der Waals surface area (Å²) in [5, 5.41) is 3.85. The minimum Gasteiger partial charge on any atom is -0.339 e. The van der Waals surface area contributed by atoms with Crippen LogP contribution in [0.15, 0.2) is 51.9 Å². The molecule has 0 bridgehead atoms. The molecular formula is C23H26N4O4S. The van der Waals surface area contributed by atoms with Crippen molar-refractivity contribution in [3.05, 3.63) is 70.9 Å². The summed E-state index contributed by atoms with van der Waals surface area (Å²) in [6, 6.07) is 12.0. The number of likely N-dealkylation sites (tertiary alicyclic amines) is 1. The lowest BCUT2D eigenvalue weighted by Crippen LogP contribution is -2.39. The molecule has 1 aliphatic heterocycles. The number of rotatable bonds is 5. The van der Waals surface area contributed by atoms with Crippen molar-refractivity contribution in [1.82, 2.24) is 15.0 Å². The molecule has 1 atom stereocenters. The number of hydrogen-bond acceptors (Lipinski definition) is 6. The van der Waals surface area contributed by atoms with E-state index in [1.165, 1.54) is 0 Å². The molecule has 2 heterocycles. The number of sulfonamides is 1. The van der Waals surface area contributed by atoms with Crippen molar-refractivity contribution >= 4 is 21.6 Å². The Balaban J connectivity index is 1.59. The maximum Gasteiger partial charge on any atom is 0.262 e. The normalized spacial score (nSPS) is 16.7. The van der Waals surface area contributed by atoms with Gasteiger partial charge in [0.05, 0.1) is 22.1 Å². The van der Waals surface area contributed by atoms with Gasteiger partial charge in [0.25, 0.3) is 15.9 Å². The number of aryl methyl sites for hydroxylation is 3. The van der Waals surface area contributed by atoms with Crippen LogP contribution < -0.4 is 4.72 Å². The number of benzene rings is 2. The monoisotopic (exact) mass is 454 g/mol. The third-order valence-electron chi connectivity index (χ3n) is 5.64. The molecule has 2 aromatic carbocycles. The Hall–Kier alpha value is -3.20. The first-order valence-electron chi connectivity index (χ1n) is 10.5. The number of aromatic nitrogens is 2. The Kier molecular flexibility index (Phi) is 6.01. The topological polar surface area (TPSA) is 105 Å².